The van der Waals surface area contributed by atoms with E-state index in [0.717, 1.165) is 0 Å². The fraction of sp³-hybridized carbons (Fsp3) is 0.778. The minimum absolute atomic E-state index is 0.246. The van der Waals surface area contributed by atoms with Crippen molar-refractivity contribution in [2.75, 3.05) is 19.5 Å². The summed E-state index contributed by atoms with van der Waals surface area (Å²) in [5.74, 6) is -0.0721. The van der Waals surface area contributed by atoms with E-state index < -0.39 is 0 Å². The van der Waals surface area contributed by atoms with E-state index in [9.17, 15) is 9.59 Å². The van der Waals surface area contributed by atoms with Gasteiger partial charge in [0.25, 0.3) is 0 Å². The van der Waals surface area contributed by atoms with Gasteiger partial charge < -0.3 is 9.47 Å². The van der Waals surface area contributed by atoms with Gasteiger partial charge in [-0.05, 0) is 12.8 Å². The SMILES string of the molecule is COC(=O)CCCCC(=O)OCC[S]. The van der Waals surface area contributed by atoms with Gasteiger partial charge in [-0.15, -0.1) is 0 Å². The fourth-order valence-corrected chi connectivity index (χ4v) is 0.952. The van der Waals surface area contributed by atoms with Crippen LogP contribution in [0.2, 0.25) is 0 Å². The zero-order valence-corrected chi connectivity index (χ0v) is 9.10. The molecular weight excluding hydrogens is 204 g/mol. The molecule has 0 fully saturated rings. The minimum atomic E-state index is -0.250. The zero-order chi connectivity index (χ0) is 10.8. The highest BCUT2D eigenvalue weighted by Gasteiger charge is 2.04. The maximum absolute atomic E-state index is 10.9. The van der Waals surface area contributed by atoms with E-state index >= 15 is 0 Å². The number of esters is 2. The number of ether oxygens (including phenoxy) is 2. The Balaban J connectivity index is 3.27. The highest BCUT2D eigenvalue weighted by Crippen LogP contribution is 2.02. The average molecular weight is 219 g/mol. The third-order valence-corrected chi connectivity index (χ3v) is 1.75. The van der Waals surface area contributed by atoms with Crippen LogP contribution < -0.4 is 0 Å². The second-order valence-corrected chi connectivity index (χ2v) is 3.12. The highest BCUT2D eigenvalue weighted by atomic mass is 32.1. The molecule has 0 atom stereocenters. The van der Waals surface area contributed by atoms with E-state index in [2.05, 4.69) is 17.4 Å². The number of carbonyl (C=O) groups is 2. The molecule has 0 saturated heterocycles. The Morgan fingerprint density at radius 1 is 1.14 bits per heavy atom. The van der Waals surface area contributed by atoms with Crippen molar-refractivity contribution in [3.8, 4) is 0 Å². The Labute approximate surface area is 89.4 Å². The van der Waals surface area contributed by atoms with Crippen molar-refractivity contribution in [3.63, 3.8) is 0 Å². The molecule has 0 heterocycles. The van der Waals surface area contributed by atoms with Crippen molar-refractivity contribution < 1.29 is 19.1 Å². The largest absolute Gasteiger partial charge is 0.469 e. The first-order valence-corrected chi connectivity index (χ1v) is 5.09. The van der Waals surface area contributed by atoms with Crippen molar-refractivity contribution in [1.29, 1.82) is 0 Å². The van der Waals surface area contributed by atoms with Crippen molar-refractivity contribution in [2.24, 2.45) is 0 Å². The smallest absolute Gasteiger partial charge is 0.305 e. The van der Waals surface area contributed by atoms with Crippen LogP contribution in [0.1, 0.15) is 25.7 Å². The van der Waals surface area contributed by atoms with Crippen LogP contribution in [0, 0.1) is 0 Å². The van der Waals surface area contributed by atoms with Crippen molar-refractivity contribution in [2.45, 2.75) is 25.7 Å². The molecule has 0 rings (SSSR count). The second kappa shape index (κ2) is 8.87. The van der Waals surface area contributed by atoms with Gasteiger partial charge in [-0.3, -0.25) is 9.59 Å². The standard InChI is InChI=1S/C9H15O4S/c1-12-8(10)4-2-3-5-9(11)13-6-7-14/h2-7H2,1H3. The van der Waals surface area contributed by atoms with Crippen LogP contribution in [0.25, 0.3) is 0 Å². The Kier molecular flexibility index (Phi) is 8.42. The molecule has 0 aromatic heterocycles. The van der Waals surface area contributed by atoms with Crippen molar-refractivity contribution >= 4 is 24.6 Å². The lowest BCUT2D eigenvalue weighted by Gasteiger charge is -2.01. The molecule has 0 aliphatic rings. The first kappa shape index (κ1) is 13.3. The Morgan fingerprint density at radius 3 is 2.21 bits per heavy atom. The minimum Gasteiger partial charge on any atom is -0.469 e. The number of carbonyl (C=O) groups excluding carboxylic acids is 2. The molecule has 81 valence electrons. The molecule has 0 unspecified atom stereocenters. The number of hydrogen-bond donors (Lipinski definition) is 0. The summed E-state index contributed by atoms with van der Waals surface area (Å²) in [6.45, 7) is 0.297. The molecule has 1 radical (unpaired) electrons. The molecule has 0 aliphatic heterocycles. The maximum Gasteiger partial charge on any atom is 0.305 e. The van der Waals surface area contributed by atoms with Crippen molar-refractivity contribution in [1.82, 2.24) is 0 Å². The van der Waals surface area contributed by atoms with Crippen LogP contribution in [-0.4, -0.2) is 31.4 Å². The molecule has 0 saturated carbocycles. The molecule has 0 spiro atoms. The van der Waals surface area contributed by atoms with Gasteiger partial charge in [0.1, 0.15) is 6.61 Å². The van der Waals surface area contributed by atoms with E-state index in [1.54, 1.807) is 0 Å². The molecule has 4 nitrogen and oxygen atoms in total. The van der Waals surface area contributed by atoms with E-state index in [1.807, 2.05) is 0 Å². The van der Waals surface area contributed by atoms with Crippen LogP contribution in [-0.2, 0) is 19.1 Å². The predicted molar refractivity (Wildman–Crippen MR) is 53.9 cm³/mol. The summed E-state index contributed by atoms with van der Waals surface area (Å²) in [6, 6.07) is 0. The van der Waals surface area contributed by atoms with E-state index in [0.29, 0.717) is 38.0 Å². The third kappa shape index (κ3) is 7.91. The summed E-state index contributed by atoms with van der Waals surface area (Å²) in [5.41, 5.74) is 0. The number of rotatable bonds is 7. The third-order valence-electron chi connectivity index (χ3n) is 1.59. The number of hydrogen-bond acceptors (Lipinski definition) is 4. The molecule has 0 amide bonds. The van der Waals surface area contributed by atoms with Gasteiger partial charge >= 0.3 is 11.9 Å². The second-order valence-electron chi connectivity index (χ2n) is 2.71. The summed E-state index contributed by atoms with van der Waals surface area (Å²) < 4.78 is 9.22. The van der Waals surface area contributed by atoms with Crippen LogP contribution in [0.5, 0.6) is 0 Å². The molecular formula is C9H15O4S. The van der Waals surface area contributed by atoms with Crippen LogP contribution in [0.3, 0.4) is 0 Å². The summed E-state index contributed by atoms with van der Waals surface area (Å²) in [6.07, 6.45) is 1.98. The highest BCUT2D eigenvalue weighted by molar-refractivity contribution is 7.80. The quantitative estimate of drug-likeness (QED) is 0.480. The van der Waals surface area contributed by atoms with Gasteiger partial charge in [0, 0.05) is 18.6 Å². The normalized spacial score (nSPS) is 9.57. The van der Waals surface area contributed by atoms with Gasteiger partial charge in [0.05, 0.1) is 7.11 Å². The van der Waals surface area contributed by atoms with Gasteiger partial charge in [-0.25, -0.2) is 0 Å². The summed E-state index contributed by atoms with van der Waals surface area (Å²) in [5, 5.41) is 0. The summed E-state index contributed by atoms with van der Waals surface area (Å²) in [7, 11) is 1.35. The summed E-state index contributed by atoms with van der Waals surface area (Å²) >= 11 is 4.62. The van der Waals surface area contributed by atoms with Crippen LogP contribution >= 0.6 is 12.6 Å². The molecule has 5 heteroatoms. The number of unbranched alkanes of at least 4 members (excludes halogenated alkanes) is 1. The van der Waals surface area contributed by atoms with E-state index in [1.165, 1.54) is 7.11 Å². The molecule has 0 aromatic rings. The van der Waals surface area contributed by atoms with Gasteiger partial charge in [0.2, 0.25) is 0 Å². The zero-order valence-electron chi connectivity index (χ0n) is 8.28. The molecule has 0 bridgehead atoms. The molecule has 14 heavy (non-hydrogen) atoms. The van der Waals surface area contributed by atoms with Crippen LogP contribution in [0.4, 0.5) is 0 Å². The van der Waals surface area contributed by atoms with Crippen LogP contribution in [0.15, 0.2) is 0 Å². The first-order chi connectivity index (χ1) is 6.70. The fourth-order valence-electron chi connectivity index (χ4n) is 0.868. The maximum atomic E-state index is 10.9. The van der Waals surface area contributed by atoms with Gasteiger partial charge in [0.15, 0.2) is 0 Å². The summed E-state index contributed by atoms with van der Waals surface area (Å²) in [4.78, 5) is 21.6. The number of methoxy groups -OCH3 is 1. The monoisotopic (exact) mass is 219 g/mol. The lowest BCUT2D eigenvalue weighted by Crippen LogP contribution is -2.07. The molecule has 0 N–H and O–H groups in total. The lowest BCUT2D eigenvalue weighted by molar-refractivity contribution is -0.144. The Morgan fingerprint density at radius 2 is 1.71 bits per heavy atom. The predicted octanol–water partition coefficient (Wildman–Crippen LogP) is 1.46. The molecule has 0 aromatic carbocycles. The van der Waals surface area contributed by atoms with Gasteiger partial charge in [-0.1, -0.05) is 12.6 Å². The Bertz CT molecular complexity index is 182. The van der Waals surface area contributed by atoms with Gasteiger partial charge in [-0.2, -0.15) is 0 Å². The topological polar surface area (TPSA) is 52.6 Å². The van der Waals surface area contributed by atoms with E-state index in [-0.39, 0.29) is 11.9 Å². The molecule has 0 aliphatic carbocycles. The van der Waals surface area contributed by atoms with E-state index in [4.69, 9.17) is 4.74 Å². The average Bonchev–Trinajstić information content (AvgIpc) is 2.21. The first-order valence-electron chi connectivity index (χ1n) is 4.51. The Hall–Kier alpha value is -0.710. The van der Waals surface area contributed by atoms with Crippen molar-refractivity contribution in [3.05, 3.63) is 0 Å². The lowest BCUT2D eigenvalue weighted by atomic mass is 10.2.